The summed E-state index contributed by atoms with van der Waals surface area (Å²) in [6.07, 6.45) is 0.905. The fourth-order valence-electron chi connectivity index (χ4n) is 1.57. The molecule has 0 saturated heterocycles. The van der Waals surface area contributed by atoms with Gasteiger partial charge < -0.3 is 0 Å². The third-order valence-corrected chi connectivity index (χ3v) is 2.37. The largest absolute Gasteiger partial charge is 0.298 e. The van der Waals surface area contributed by atoms with Gasteiger partial charge in [0.25, 0.3) is 0 Å². The average Bonchev–Trinajstić information content (AvgIpc) is 2.33. The van der Waals surface area contributed by atoms with Crippen LogP contribution in [0, 0.1) is 6.92 Å². The van der Waals surface area contributed by atoms with Gasteiger partial charge in [0.2, 0.25) is 0 Å². The Bertz CT molecular complexity index is 458. The molecular formula is C14H16O. The summed E-state index contributed by atoms with van der Waals surface area (Å²) in [6.45, 7) is 5.98. The smallest absolute Gasteiger partial charge is 0.150 e. The van der Waals surface area contributed by atoms with E-state index < -0.39 is 0 Å². The van der Waals surface area contributed by atoms with Crippen molar-refractivity contribution in [1.82, 2.24) is 0 Å². The molecule has 1 nitrogen and oxygen atoms in total. The van der Waals surface area contributed by atoms with E-state index in [1.54, 1.807) is 0 Å². The number of hydrogen-bond acceptors (Lipinski definition) is 1. The molecule has 0 spiro atoms. The molecule has 0 atom stereocenters. The van der Waals surface area contributed by atoms with Crippen molar-refractivity contribution >= 4 is 17.1 Å². The van der Waals surface area contributed by atoms with Gasteiger partial charge in [-0.3, -0.25) is 4.79 Å². The number of benzene rings is 2. The Morgan fingerprint density at radius 3 is 2.33 bits per heavy atom. The molecule has 2 aromatic rings. The number of fused-ring (bicyclic) bond motifs is 1. The molecule has 0 aliphatic heterocycles. The zero-order chi connectivity index (χ0) is 11.3. The molecule has 0 aromatic heterocycles. The topological polar surface area (TPSA) is 17.1 Å². The van der Waals surface area contributed by atoms with E-state index in [4.69, 9.17) is 0 Å². The van der Waals surface area contributed by atoms with Crippen LogP contribution in [0.4, 0.5) is 0 Å². The molecule has 0 aliphatic carbocycles. The minimum atomic E-state index is 0.777. The fraction of sp³-hybridized carbons (Fsp3) is 0.214. The zero-order valence-electron chi connectivity index (χ0n) is 9.45. The summed E-state index contributed by atoms with van der Waals surface area (Å²) in [6, 6.07) is 11.9. The van der Waals surface area contributed by atoms with Crippen molar-refractivity contribution in [2.75, 3.05) is 0 Å². The van der Waals surface area contributed by atoms with Crippen molar-refractivity contribution in [3.05, 3.63) is 47.5 Å². The molecule has 0 heterocycles. The maximum absolute atomic E-state index is 10.7. The molecule has 0 fully saturated rings. The van der Waals surface area contributed by atoms with Gasteiger partial charge in [0.15, 0.2) is 0 Å². The van der Waals surface area contributed by atoms with Crippen LogP contribution in [0.25, 0.3) is 10.8 Å². The van der Waals surface area contributed by atoms with Gasteiger partial charge >= 0.3 is 0 Å². The summed E-state index contributed by atoms with van der Waals surface area (Å²) >= 11 is 0. The van der Waals surface area contributed by atoms with Gasteiger partial charge in [0, 0.05) is 5.56 Å². The van der Waals surface area contributed by atoms with Crippen molar-refractivity contribution in [1.29, 1.82) is 0 Å². The minimum Gasteiger partial charge on any atom is -0.298 e. The molecular weight excluding hydrogens is 184 g/mol. The quantitative estimate of drug-likeness (QED) is 0.636. The minimum absolute atomic E-state index is 0.777. The Labute approximate surface area is 90.7 Å². The lowest BCUT2D eigenvalue weighted by atomic mass is 10.0. The summed E-state index contributed by atoms with van der Waals surface area (Å²) < 4.78 is 0. The lowest BCUT2D eigenvalue weighted by molar-refractivity contribution is 0.112. The van der Waals surface area contributed by atoms with Crippen LogP contribution in [0.3, 0.4) is 0 Å². The monoisotopic (exact) mass is 200 g/mol. The number of rotatable bonds is 1. The van der Waals surface area contributed by atoms with Crippen LogP contribution in [-0.4, -0.2) is 6.29 Å². The number of hydrogen-bond donors (Lipinski definition) is 0. The van der Waals surface area contributed by atoms with Gasteiger partial charge in [-0.15, -0.1) is 0 Å². The highest BCUT2D eigenvalue weighted by molar-refractivity contribution is 5.92. The van der Waals surface area contributed by atoms with Crippen LogP contribution in [-0.2, 0) is 0 Å². The first-order valence-corrected chi connectivity index (χ1v) is 5.26. The van der Waals surface area contributed by atoms with E-state index in [0.717, 1.165) is 22.8 Å². The van der Waals surface area contributed by atoms with Crippen LogP contribution in [0.15, 0.2) is 36.4 Å². The average molecular weight is 200 g/mol. The van der Waals surface area contributed by atoms with Crippen molar-refractivity contribution in [2.24, 2.45) is 0 Å². The van der Waals surface area contributed by atoms with Gasteiger partial charge in [-0.1, -0.05) is 50.2 Å². The number of carbonyl (C=O) groups is 1. The van der Waals surface area contributed by atoms with Gasteiger partial charge in [0.05, 0.1) is 0 Å². The Balaban J connectivity index is 0.000000531. The van der Waals surface area contributed by atoms with Crippen LogP contribution in [0.5, 0.6) is 0 Å². The number of aldehydes is 1. The molecule has 0 bridgehead atoms. The zero-order valence-corrected chi connectivity index (χ0v) is 9.45. The lowest BCUT2D eigenvalue weighted by Crippen LogP contribution is -1.87. The molecule has 2 rings (SSSR count). The first-order valence-electron chi connectivity index (χ1n) is 5.26. The summed E-state index contributed by atoms with van der Waals surface area (Å²) in [5.41, 5.74) is 1.84. The van der Waals surface area contributed by atoms with Crippen LogP contribution in [0.2, 0.25) is 0 Å². The molecule has 0 saturated carbocycles. The SMILES string of the molecule is CC.Cc1c(C=O)ccc2ccccc12. The van der Waals surface area contributed by atoms with E-state index in [2.05, 4.69) is 6.07 Å². The molecule has 2 aromatic carbocycles. The molecule has 78 valence electrons. The second kappa shape index (κ2) is 5.30. The number of aryl methyl sites for hydroxylation is 1. The molecule has 0 unspecified atom stereocenters. The van der Waals surface area contributed by atoms with Gasteiger partial charge in [-0.25, -0.2) is 0 Å². The van der Waals surface area contributed by atoms with Crippen molar-refractivity contribution in [3.8, 4) is 0 Å². The van der Waals surface area contributed by atoms with Gasteiger partial charge in [-0.2, -0.15) is 0 Å². The Kier molecular flexibility index (Phi) is 4.04. The first kappa shape index (κ1) is 11.4. The third-order valence-electron chi connectivity index (χ3n) is 2.37. The van der Waals surface area contributed by atoms with Gasteiger partial charge in [0.1, 0.15) is 6.29 Å². The summed E-state index contributed by atoms with van der Waals surface area (Å²) in [4.78, 5) is 10.7. The summed E-state index contributed by atoms with van der Waals surface area (Å²) in [7, 11) is 0. The lowest BCUT2D eigenvalue weighted by Gasteiger charge is -2.03. The first-order chi connectivity index (χ1) is 7.33. The maximum atomic E-state index is 10.7. The van der Waals surface area contributed by atoms with E-state index >= 15 is 0 Å². The molecule has 0 aliphatic rings. The van der Waals surface area contributed by atoms with Crippen LogP contribution in [0.1, 0.15) is 29.8 Å². The van der Waals surface area contributed by atoms with Crippen molar-refractivity contribution in [2.45, 2.75) is 20.8 Å². The molecule has 0 N–H and O–H groups in total. The maximum Gasteiger partial charge on any atom is 0.150 e. The van der Waals surface area contributed by atoms with Crippen molar-refractivity contribution < 1.29 is 4.79 Å². The van der Waals surface area contributed by atoms with E-state index in [-0.39, 0.29) is 0 Å². The Morgan fingerprint density at radius 2 is 1.67 bits per heavy atom. The predicted octanol–water partition coefficient (Wildman–Crippen LogP) is 3.99. The second-order valence-electron chi connectivity index (χ2n) is 3.12. The van der Waals surface area contributed by atoms with Crippen LogP contribution < -0.4 is 0 Å². The van der Waals surface area contributed by atoms with Crippen LogP contribution >= 0.6 is 0 Å². The number of carbonyl (C=O) groups excluding carboxylic acids is 1. The molecule has 0 amide bonds. The summed E-state index contributed by atoms with van der Waals surface area (Å²) in [5.74, 6) is 0. The highest BCUT2D eigenvalue weighted by atomic mass is 16.1. The van der Waals surface area contributed by atoms with Gasteiger partial charge in [-0.05, 0) is 23.3 Å². The summed E-state index contributed by atoms with van der Waals surface area (Å²) in [5, 5.41) is 2.35. The molecule has 0 radical (unpaired) electrons. The highest BCUT2D eigenvalue weighted by Gasteiger charge is 2.00. The predicted molar refractivity (Wildman–Crippen MR) is 65.4 cm³/mol. The van der Waals surface area contributed by atoms with E-state index in [0.29, 0.717) is 0 Å². The fourth-order valence-corrected chi connectivity index (χ4v) is 1.57. The molecule has 15 heavy (non-hydrogen) atoms. The Morgan fingerprint density at radius 1 is 1.00 bits per heavy atom. The van der Waals surface area contributed by atoms with E-state index in [9.17, 15) is 4.79 Å². The van der Waals surface area contributed by atoms with E-state index in [1.807, 2.05) is 51.1 Å². The molecule has 1 heteroatoms. The third kappa shape index (κ3) is 2.24. The highest BCUT2D eigenvalue weighted by Crippen LogP contribution is 2.20. The second-order valence-corrected chi connectivity index (χ2v) is 3.12. The van der Waals surface area contributed by atoms with E-state index in [1.165, 1.54) is 5.39 Å². The Hall–Kier alpha value is -1.63. The van der Waals surface area contributed by atoms with Crippen molar-refractivity contribution in [3.63, 3.8) is 0 Å². The normalized spacial score (nSPS) is 9.27. The standard InChI is InChI=1S/C12H10O.C2H6/c1-9-11(8-13)7-6-10-4-2-3-5-12(9)10;1-2/h2-8H,1H3;1-2H3.